The summed E-state index contributed by atoms with van der Waals surface area (Å²) in [6.07, 6.45) is -0.241. The third-order valence-corrected chi connectivity index (χ3v) is 3.53. The summed E-state index contributed by atoms with van der Waals surface area (Å²) in [5.41, 5.74) is 0.280. The predicted octanol–water partition coefficient (Wildman–Crippen LogP) is 2.30. The van der Waals surface area contributed by atoms with Crippen LogP contribution in [0.1, 0.15) is 10.4 Å². The third-order valence-electron chi connectivity index (χ3n) is 3.53. The summed E-state index contributed by atoms with van der Waals surface area (Å²) in [5, 5.41) is 9.76. The van der Waals surface area contributed by atoms with Crippen LogP contribution in [0.3, 0.4) is 0 Å². The molecule has 2 aromatic rings. The summed E-state index contributed by atoms with van der Waals surface area (Å²) in [7, 11) is 1.68. The van der Waals surface area contributed by atoms with Gasteiger partial charge in [0.05, 0.1) is 12.1 Å². The van der Waals surface area contributed by atoms with Gasteiger partial charge in [-0.15, -0.1) is 0 Å². The standard InChI is InChI=1S/C17H17NO4/c1-18(17(20)13-6-2-3-7-14(13)19)10-12-11-21-15-8-4-5-9-16(15)22-12/h2-9,12,19H,10-11H2,1H3/t12-/m0/s1. The van der Waals surface area contributed by atoms with Gasteiger partial charge in [-0.05, 0) is 24.3 Å². The minimum absolute atomic E-state index is 0.0227. The Hall–Kier alpha value is -2.69. The van der Waals surface area contributed by atoms with Crippen LogP contribution in [0.25, 0.3) is 0 Å². The van der Waals surface area contributed by atoms with Gasteiger partial charge in [0.25, 0.3) is 5.91 Å². The van der Waals surface area contributed by atoms with Crippen molar-refractivity contribution < 1.29 is 19.4 Å². The second kappa shape index (κ2) is 5.97. The fourth-order valence-corrected chi connectivity index (χ4v) is 2.40. The van der Waals surface area contributed by atoms with Crippen LogP contribution in [0.2, 0.25) is 0 Å². The first-order valence-electron chi connectivity index (χ1n) is 7.07. The molecule has 0 fully saturated rings. The number of fused-ring (bicyclic) bond motifs is 1. The van der Waals surface area contributed by atoms with E-state index in [2.05, 4.69) is 0 Å². The number of carbonyl (C=O) groups is 1. The third kappa shape index (κ3) is 2.83. The van der Waals surface area contributed by atoms with Gasteiger partial charge >= 0.3 is 0 Å². The Morgan fingerprint density at radius 1 is 1.18 bits per heavy atom. The van der Waals surface area contributed by atoms with Gasteiger partial charge in [0.1, 0.15) is 12.4 Å². The van der Waals surface area contributed by atoms with E-state index in [-0.39, 0.29) is 23.3 Å². The number of ether oxygens (including phenoxy) is 2. The van der Waals surface area contributed by atoms with Crippen molar-refractivity contribution >= 4 is 5.91 Å². The molecule has 1 amide bonds. The lowest BCUT2D eigenvalue weighted by Gasteiger charge is -2.29. The SMILES string of the molecule is CN(C[C@H]1COc2ccccc2O1)C(=O)c1ccccc1O. The van der Waals surface area contributed by atoms with E-state index in [1.165, 1.54) is 11.0 Å². The minimum atomic E-state index is -0.249. The van der Waals surface area contributed by atoms with Gasteiger partial charge in [-0.1, -0.05) is 24.3 Å². The lowest BCUT2D eigenvalue weighted by atomic mass is 10.1. The van der Waals surface area contributed by atoms with Crippen molar-refractivity contribution in [1.29, 1.82) is 0 Å². The first kappa shape index (κ1) is 14.3. The first-order chi connectivity index (χ1) is 10.6. The lowest BCUT2D eigenvalue weighted by Crippen LogP contribution is -2.41. The molecule has 2 aromatic carbocycles. The largest absolute Gasteiger partial charge is 0.507 e. The number of phenolic OH excluding ortho intramolecular Hbond substituents is 1. The molecule has 0 aliphatic carbocycles. The van der Waals surface area contributed by atoms with Crippen LogP contribution >= 0.6 is 0 Å². The van der Waals surface area contributed by atoms with Crippen molar-refractivity contribution in [3.63, 3.8) is 0 Å². The highest BCUT2D eigenvalue weighted by Crippen LogP contribution is 2.31. The number of hydrogen-bond acceptors (Lipinski definition) is 4. The van der Waals surface area contributed by atoms with Crippen LogP contribution in [0.4, 0.5) is 0 Å². The number of amides is 1. The van der Waals surface area contributed by atoms with E-state index in [0.717, 1.165) is 0 Å². The number of benzene rings is 2. The number of rotatable bonds is 3. The molecule has 114 valence electrons. The Balaban J connectivity index is 1.67. The molecule has 1 atom stereocenters. The van der Waals surface area contributed by atoms with Crippen LogP contribution < -0.4 is 9.47 Å². The molecule has 1 N–H and O–H groups in total. The quantitative estimate of drug-likeness (QED) is 0.945. The van der Waals surface area contributed by atoms with Crippen LogP contribution in [0, 0.1) is 0 Å². The van der Waals surface area contributed by atoms with Crippen LogP contribution in [0.5, 0.6) is 17.2 Å². The highest BCUT2D eigenvalue weighted by atomic mass is 16.6. The number of aromatic hydroxyl groups is 1. The highest BCUT2D eigenvalue weighted by Gasteiger charge is 2.24. The lowest BCUT2D eigenvalue weighted by molar-refractivity contribution is 0.0519. The second-order valence-electron chi connectivity index (χ2n) is 5.20. The molecule has 5 nitrogen and oxygen atoms in total. The summed E-state index contributed by atoms with van der Waals surface area (Å²) >= 11 is 0. The summed E-state index contributed by atoms with van der Waals surface area (Å²) in [6.45, 7) is 0.761. The first-order valence-corrected chi connectivity index (χ1v) is 7.07. The van der Waals surface area contributed by atoms with Crippen LogP contribution in [-0.4, -0.2) is 42.2 Å². The minimum Gasteiger partial charge on any atom is -0.507 e. The highest BCUT2D eigenvalue weighted by molar-refractivity contribution is 5.96. The van der Waals surface area contributed by atoms with Gasteiger partial charge in [-0.3, -0.25) is 4.79 Å². The van der Waals surface area contributed by atoms with E-state index in [9.17, 15) is 9.90 Å². The summed E-state index contributed by atoms with van der Waals surface area (Å²) in [5.74, 6) is 1.13. The number of carbonyl (C=O) groups excluding carboxylic acids is 1. The maximum atomic E-state index is 12.4. The number of likely N-dealkylation sites (N-methyl/N-ethyl adjacent to an activating group) is 1. The van der Waals surface area contributed by atoms with Gasteiger partial charge < -0.3 is 19.5 Å². The molecular weight excluding hydrogens is 282 g/mol. The number of nitrogens with zero attached hydrogens (tertiary/aromatic N) is 1. The van der Waals surface area contributed by atoms with Crippen LogP contribution in [-0.2, 0) is 0 Å². The Kier molecular flexibility index (Phi) is 3.87. The summed E-state index contributed by atoms with van der Waals surface area (Å²) < 4.78 is 11.5. The molecule has 22 heavy (non-hydrogen) atoms. The molecule has 0 saturated heterocycles. The Labute approximate surface area is 128 Å². The summed E-state index contributed by atoms with van der Waals surface area (Å²) in [6, 6.07) is 13.9. The van der Waals surface area contributed by atoms with Crippen molar-refractivity contribution in [2.45, 2.75) is 6.10 Å². The van der Waals surface area contributed by atoms with Crippen molar-refractivity contribution in [2.75, 3.05) is 20.2 Å². The Morgan fingerprint density at radius 3 is 2.64 bits per heavy atom. The van der Waals surface area contributed by atoms with E-state index in [4.69, 9.17) is 9.47 Å². The second-order valence-corrected chi connectivity index (χ2v) is 5.20. The smallest absolute Gasteiger partial charge is 0.257 e. The molecule has 0 spiro atoms. The molecule has 5 heteroatoms. The van der Waals surface area contributed by atoms with Gasteiger partial charge in [0.15, 0.2) is 17.6 Å². The normalized spacial score (nSPS) is 16.1. The number of phenols is 1. The fourth-order valence-electron chi connectivity index (χ4n) is 2.40. The topological polar surface area (TPSA) is 59.0 Å². The molecule has 1 aliphatic rings. The van der Waals surface area contributed by atoms with E-state index in [1.807, 2.05) is 24.3 Å². The maximum absolute atomic E-state index is 12.4. The molecule has 0 bridgehead atoms. The molecule has 1 aliphatic heterocycles. The maximum Gasteiger partial charge on any atom is 0.257 e. The average molecular weight is 299 g/mol. The summed E-state index contributed by atoms with van der Waals surface area (Å²) in [4.78, 5) is 13.9. The number of para-hydroxylation sites is 3. The molecule has 0 aromatic heterocycles. The average Bonchev–Trinajstić information content (AvgIpc) is 2.54. The zero-order valence-corrected chi connectivity index (χ0v) is 12.2. The Morgan fingerprint density at radius 2 is 1.86 bits per heavy atom. The van der Waals surface area contributed by atoms with Gasteiger partial charge in [-0.25, -0.2) is 0 Å². The zero-order valence-electron chi connectivity index (χ0n) is 12.2. The molecule has 3 rings (SSSR count). The molecular formula is C17H17NO4. The monoisotopic (exact) mass is 299 g/mol. The van der Waals surface area contributed by atoms with Gasteiger partial charge in [0.2, 0.25) is 0 Å². The number of hydrogen-bond donors (Lipinski definition) is 1. The van der Waals surface area contributed by atoms with Crippen molar-refractivity contribution in [3.8, 4) is 17.2 Å². The van der Waals surface area contributed by atoms with Crippen molar-refractivity contribution in [1.82, 2.24) is 4.90 Å². The van der Waals surface area contributed by atoms with E-state index < -0.39 is 0 Å². The Bertz CT molecular complexity index is 686. The fraction of sp³-hybridized carbons (Fsp3) is 0.235. The molecule has 0 saturated carbocycles. The predicted molar refractivity (Wildman–Crippen MR) is 81.4 cm³/mol. The van der Waals surface area contributed by atoms with Gasteiger partial charge in [0, 0.05) is 7.05 Å². The van der Waals surface area contributed by atoms with E-state index in [0.29, 0.717) is 24.7 Å². The molecule has 0 radical (unpaired) electrons. The van der Waals surface area contributed by atoms with Crippen LogP contribution in [0.15, 0.2) is 48.5 Å². The van der Waals surface area contributed by atoms with Gasteiger partial charge in [-0.2, -0.15) is 0 Å². The van der Waals surface area contributed by atoms with E-state index in [1.54, 1.807) is 25.2 Å². The van der Waals surface area contributed by atoms with Crippen molar-refractivity contribution in [3.05, 3.63) is 54.1 Å². The van der Waals surface area contributed by atoms with Crippen molar-refractivity contribution in [2.24, 2.45) is 0 Å². The molecule has 0 unspecified atom stereocenters. The van der Waals surface area contributed by atoms with E-state index >= 15 is 0 Å². The molecule has 1 heterocycles. The zero-order chi connectivity index (χ0) is 15.5.